The van der Waals surface area contributed by atoms with E-state index in [0.717, 1.165) is 16.7 Å². The van der Waals surface area contributed by atoms with Crippen molar-refractivity contribution in [1.82, 2.24) is 0 Å². The lowest BCUT2D eigenvalue weighted by Crippen LogP contribution is -2.23. The normalized spacial score (nSPS) is 12.2. The number of carbonyl (C=O) groups is 2. The second kappa shape index (κ2) is 7.98. The number of aliphatic hydroxyl groups is 1. The fraction of sp³-hybridized carbons (Fsp3) is 0.185. The van der Waals surface area contributed by atoms with E-state index in [1.165, 1.54) is 17.0 Å². The summed E-state index contributed by atoms with van der Waals surface area (Å²) in [5.74, 6) is -1.56. The molecule has 0 heterocycles. The molecule has 4 rings (SSSR count). The number of fused-ring (bicyclic) bond motifs is 3. The van der Waals surface area contributed by atoms with Crippen LogP contribution in [-0.2, 0) is 16.8 Å². The molecule has 0 unspecified atom stereocenters. The van der Waals surface area contributed by atoms with E-state index in [1.807, 2.05) is 12.1 Å². The second-order valence-corrected chi connectivity index (χ2v) is 8.76. The average molecular weight is 445 g/mol. The number of nitrogens with zero attached hydrogens (tertiary/aromatic N) is 1. The Balaban J connectivity index is 1.97. The van der Waals surface area contributed by atoms with Crippen LogP contribution in [0.5, 0.6) is 0 Å². The van der Waals surface area contributed by atoms with Crippen LogP contribution in [-0.4, -0.2) is 24.0 Å². The van der Waals surface area contributed by atoms with Gasteiger partial charge >= 0.3 is 0 Å². The van der Waals surface area contributed by atoms with Crippen molar-refractivity contribution in [3.63, 3.8) is 0 Å². The van der Waals surface area contributed by atoms with Gasteiger partial charge in [-0.25, -0.2) is 4.39 Å². The maximum atomic E-state index is 15.5. The quantitative estimate of drug-likeness (QED) is 0.443. The number of nitrogens with two attached hydrogens (primary N) is 1. The molecule has 2 amide bonds. The zero-order valence-electron chi connectivity index (χ0n) is 18.8. The predicted molar refractivity (Wildman–Crippen MR) is 127 cm³/mol. The van der Waals surface area contributed by atoms with Gasteiger partial charge in [0.2, 0.25) is 11.8 Å². The highest BCUT2D eigenvalue weighted by atomic mass is 19.1. The first-order valence-electron chi connectivity index (χ1n) is 10.5. The van der Waals surface area contributed by atoms with Crippen LogP contribution in [0.3, 0.4) is 0 Å². The Morgan fingerprint density at radius 1 is 1.15 bits per heavy atom. The Labute approximate surface area is 192 Å². The number of hydrogen-bond donors (Lipinski definition) is 2. The molecule has 3 aromatic rings. The molecule has 0 saturated heterocycles. The number of carbonyl (C=O) groups excluding carboxylic acids is 2. The Kier molecular flexibility index (Phi) is 5.42. The van der Waals surface area contributed by atoms with E-state index >= 15 is 4.39 Å². The first-order valence-corrected chi connectivity index (χ1v) is 10.5. The lowest BCUT2D eigenvalue weighted by atomic mass is 9.89. The van der Waals surface area contributed by atoms with Gasteiger partial charge in [0.05, 0.1) is 5.60 Å². The van der Waals surface area contributed by atoms with Crippen LogP contribution in [0.1, 0.15) is 40.9 Å². The zero-order valence-corrected chi connectivity index (χ0v) is 18.8. The number of anilines is 1. The average Bonchev–Trinajstić information content (AvgIpc) is 3.15. The number of hydrogen-bond acceptors (Lipinski definition) is 3. The molecule has 168 valence electrons. The van der Waals surface area contributed by atoms with Gasteiger partial charge in [-0.3, -0.25) is 9.59 Å². The van der Waals surface area contributed by atoms with Crippen LogP contribution in [0.4, 0.5) is 10.1 Å². The molecule has 0 fully saturated rings. The molecule has 3 aromatic carbocycles. The topological polar surface area (TPSA) is 83.6 Å². The fourth-order valence-electron chi connectivity index (χ4n) is 4.36. The van der Waals surface area contributed by atoms with Crippen molar-refractivity contribution in [1.29, 1.82) is 0 Å². The highest BCUT2D eigenvalue weighted by Gasteiger charge is 2.30. The molecule has 0 saturated carbocycles. The molecule has 0 bridgehead atoms. The molecular weight excluding hydrogens is 419 g/mol. The molecule has 0 atom stereocenters. The van der Waals surface area contributed by atoms with Crippen molar-refractivity contribution in [2.45, 2.75) is 25.9 Å². The highest BCUT2D eigenvalue weighted by molar-refractivity contribution is 6.03. The standard InChI is InChI=1S/C27H25FN2O3/c1-5-23(31)30(4)18-8-6-7-15(12-18)24-22(28)14-21(26(29)32)20-13-16-11-17(27(2,3)33)9-10-19(16)25(20)24/h5-12,14,33H,1,13H2,2-4H3,(H2,29,32). The van der Waals surface area contributed by atoms with Crippen molar-refractivity contribution in [2.75, 3.05) is 11.9 Å². The molecule has 0 aliphatic heterocycles. The summed E-state index contributed by atoms with van der Waals surface area (Å²) in [7, 11) is 1.62. The minimum absolute atomic E-state index is 0.141. The molecular formula is C27H25FN2O3. The Morgan fingerprint density at radius 3 is 2.52 bits per heavy atom. The third kappa shape index (κ3) is 3.83. The lowest BCUT2D eigenvalue weighted by Gasteiger charge is -2.20. The van der Waals surface area contributed by atoms with Crippen molar-refractivity contribution < 1.29 is 19.1 Å². The number of likely N-dealkylation sites (N-methyl/N-ethyl adjacent to an activating group) is 1. The molecule has 0 aromatic heterocycles. The van der Waals surface area contributed by atoms with Crippen LogP contribution in [0.25, 0.3) is 22.3 Å². The predicted octanol–water partition coefficient (Wildman–Crippen LogP) is 4.54. The summed E-state index contributed by atoms with van der Waals surface area (Å²) in [5, 5.41) is 10.4. The molecule has 1 aliphatic rings. The molecule has 3 N–H and O–H groups in total. The summed E-state index contributed by atoms with van der Waals surface area (Å²) in [6.07, 6.45) is 1.61. The fourth-order valence-corrected chi connectivity index (χ4v) is 4.36. The largest absolute Gasteiger partial charge is 0.386 e. The molecule has 1 aliphatic carbocycles. The van der Waals surface area contributed by atoms with Crippen molar-refractivity contribution >= 4 is 17.5 Å². The van der Waals surface area contributed by atoms with Crippen LogP contribution in [0, 0.1) is 5.82 Å². The van der Waals surface area contributed by atoms with Crippen molar-refractivity contribution in [3.8, 4) is 22.3 Å². The van der Waals surface area contributed by atoms with Gasteiger partial charge in [0.15, 0.2) is 0 Å². The van der Waals surface area contributed by atoms with Crippen LogP contribution in [0.15, 0.2) is 61.2 Å². The Morgan fingerprint density at radius 2 is 1.88 bits per heavy atom. The first-order chi connectivity index (χ1) is 15.5. The number of halogens is 1. The van der Waals surface area contributed by atoms with E-state index in [4.69, 9.17) is 5.73 Å². The summed E-state index contributed by atoms with van der Waals surface area (Å²) in [6.45, 7) is 6.91. The number of primary amides is 1. The molecule has 5 nitrogen and oxygen atoms in total. The summed E-state index contributed by atoms with van der Waals surface area (Å²) < 4.78 is 15.5. The van der Waals surface area contributed by atoms with E-state index in [1.54, 1.807) is 51.2 Å². The molecule has 6 heteroatoms. The van der Waals surface area contributed by atoms with Crippen molar-refractivity contribution in [3.05, 3.63) is 89.3 Å². The van der Waals surface area contributed by atoms with Gasteiger partial charge in [-0.2, -0.15) is 0 Å². The lowest BCUT2D eigenvalue weighted by molar-refractivity contribution is -0.113. The third-order valence-corrected chi connectivity index (χ3v) is 6.13. The summed E-state index contributed by atoms with van der Waals surface area (Å²) >= 11 is 0. The van der Waals surface area contributed by atoms with E-state index in [-0.39, 0.29) is 11.5 Å². The summed E-state index contributed by atoms with van der Waals surface area (Å²) in [5.41, 5.74) is 9.84. The number of rotatable bonds is 5. The smallest absolute Gasteiger partial charge is 0.250 e. The minimum atomic E-state index is -1.04. The van der Waals surface area contributed by atoms with Gasteiger partial charge in [0.25, 0.3) is 0 Å². The van der Waals surface area contributed by atoms with Gasteiger partial charge < -0.3 is 15.7 Å². The van der Waals surface area contributed by atoms with Gasteiger partial charge in [-0.05, 0) is 77.9 Å². The maximum absolute atomic E-state index is 15.5. The minimum Gasteiger partial charge on any atom is -0.386 e. The van der Waals surface area contributed by atoms with Crippen molar-refractivity contribution in [2.24, 2.45) is 5.73 Å². The van der Waals surface area contributed by atoms with E-state index in [0.29, 0.717) is 34.4 Å². The van der Waals surface area contributed by atoms with Crippen LogP contribution < -0.4 is 10.6 Å². The van der Waals surface area contributed by atoms with Gasteiger partial charge in [-0.1, -0.05) is 36.9 Å². The van der Waals surface area contributed by atoms with Gasteiger partial charge in [0.1, 0.15) is 5.82 Å². The number of benzene rings is 3. The second-order valence-electron chi connectivity index (χ2n) is 8.76. The first kappa shape index (κ1) is 22.4. The Bertz CT molecular complexity index is 1320. The summed E-state index contributed by atoms with van der Waals surface area (Å²) in [4.78, 5) is 25.7. The molecule has 33 heavy (non-hydrogen) atoms. The maximum Gasteiger partial charge on any atom is 0.250 e. The Hall–Kier alpha value is -3.77. The summed E-state index contributed by atoms with van der Waals surface area (Å²) in [6, 6.07) is 13.7. The van der Waals surface area contributed by atoms with Crippen LogP contribution >= 0.6 is 0 Å². The van der Waals surface area contributed by atoms with Gasteiger partial charge in [-0.15, -0.1) is 0 Å². The third-order valence-electron chi connectivity index (χ3n) is 6.13. The van der Waals surface area contributed by atoms with Gasteiger partial charge in [0, 0.05) is 23.9 Å². The SMILES string of the molecule is C=CC(=O)N(C)c1cccc(-c2c(F)cc(C(N)=O)c3c2-c2ccc(C(C)(C)O)cc2C3)c1. The van der Waals surface area contributed by atoms with E-state index < -0.39 is 17.3 Å². The van der Waals surface area contributed by atoms with E-state index in [2.05, 4.69) is 6.58 Å². The van der Waals surface area contributed by atoms with E-state index in [9.17, 15) is 14.7 Å². The molecule has 0 radical (unpaired) electrons. The highest BCUT2D eigenvalue weighted by Crippen LogP contribution is 2.47. The zero-order chi connectivity index (χ0) is 24.1. The monoisotopic (exact) mass is 444 g/mol. The number of amides is 2. The molecule has 0 spiro atoms. The van der Waals surface area contributed by atoms with Crippen LogP contribution in [0.2, 0.25) is 0 Å².